The Morgan fingerprint density at radius 1 is 1.50 bits per heavy atom. The predicted octanol–water partition coefficient (Wildman–Crippen LogP) is 1.77. The number of methoxy groups -OCH3 is 1. The second-order valence-electron chi connectivity index (χ2n) is 3.11. The third-order valence-corrected chi connectivity index (χ3v) is 2.87. The lowest BCUT2D eigenvalue weighted by Crippen LogP contribution is -2.01. The van der Waals surface area contributed by atoms with Crippen molar-refractivity contribution < 1.29 is 14.2 Å². The van der Waals surface area contributed by atoms with E-state index in [9.17, 15) is 9.50 Å². The Bertz CT molecular complexity index is 476. The van der Waals surface area contributed by atoms with Crippen LogP contribution in [-0.4, -0.2) is 21.8 Å². The first-order chi connectivity index (χ1) is 7.72. The summed E-state index contributed by atoms with van der Waals surface area (Å²) in [7, 11) is 1.46. The van der Waals surface area contributed by atoms with Gasteiger partial charge in [-0.1, -0.05) is 4.49 Å². The quantitative estimate of drug-likeness (QED) is 0.888. The van der Waals surface area contributed by atoms with Crippen LogP contribution in [0.4, 0.5) is 4.39 Å². The van der Waals surface area contributed by atoms with E-state index >= 15 is 0 Å². The summed E-state index contributed by atoms with van der Waals surface area (Å²) in [6.07, 6.45) is 0.379. The molecule has 1 aromatic carbocycles. The van der Waals surface area contributed by atoms with E-state index in [0.717, 1.165) is 11.5 Å². The Kier molecular flexibility index (Phi) is 3.12. The zero-order valence-corrected chi connectivity index (χ0v) is 9.24. The van der Waals surface area contributed by atoms with Crippen molar-refractivity contribution in [2.24, 2.45) is 0 Å². The highest BCUT2D eigenvalue weighted by Crippen LogP contribution is 2.27. The SMILES string of the molecule is COc1ccc(C(O)c2cnns2)c(F)c1. The van der Waals surface area contributed by atoms with Crippen molar-refractivity contribution in [3.05, 3.63) is 40.7 Å². The highest BCUT2D eigenvalue weighted by Gasteiger charge is 2.17. The number of ether oxygens (including phenoxy) is 1. The number of rotatable bonds is 3. The molecule has 0 saturated heterocycles. The zero-order chi connectivity index (χ0) is 11.5. The molecule has 4 nitrogen and oxygen atoms in total. The largest absolute Gasteiger partial charge is 0.497 e. The van der Waals surface area contributed by atoms with Gasteiger partial charge < -0.3 is 9.84 Å². The van der Waals surface area contributed by atoms with Gasteiger partial charge in [-0.15, -0.1) is 5.10 Å². The summed E-state index contributed by atoms with van der Waals surface area (Å²) in [5.74, 6) is -0.101. The Hall–Kier alpha value is -1.53. The topological polar surface area (TPSA) is 55.2 Å². The van der Waals surface area contributed by atoms with Gasteiger partial charge in [0.25, 0.3) is 0 Å². The van der Waals surface area contributed by atoms with Gasteiger partial charge in [0.2, 0.25) is 0 Å². The van der Waals surface area contributed by atoms with E-state index in [-0.39, 0.29) is 5.56 Å². The molecule has 1 aromatic heterocycles. The van der Waals surface area contributed by atoms with Crippen molar-refractivity contribution in [2.75, 3.05) is 7.11 Å². The summed E-state index contributed by atoms with van der Waals surface area (Å²) < 4.78 is 22.1. The van der Waals surface area contributed by atoms with Crippen molar-refractivity contribution in [3.63, 3.8) is 0 Å². The van der Waals surface area contributed by atoms with Crippen LogP contribution in [0.3, 0.4) is 0 Å². The molecule has 1 N–H and O–H groups in total. The maximum atomic E-state index is 13.6. The van der Waals surface area contributed by atoms with Gasteiger partial charge in [0.1, 0.15) is 17.7 Å². The fourth-order valence-electron chi connectivity index (χ4n) is 1.31. The molecule has 84 valence electrons. The van der Waals surface area contributed by atoms with Crippen molar-refractivity contribution in [1.29, 1.82) is 0 Å². The first-order valence-electron chi connectivity index (χ1n) is 4.51. The fourth-order valence-corrected chi connectivity index (χ4v) is 1.81. The average molecular weight is 240 g/mol. The molecule has 0 amide bonds. The van der Waals surface area contributed by atoms with Crippen molar-refractivity contribution in [2.45, 2.75) is 6.10 Å². The number of aliphatic hydroxyl groups excluding tert-OH is 1. The first-order valence-corrected chi connectivity index (χ1v) is 5.28. The molecule has 2 rings (SSSR count). The van der Waals surface area contributed by atoms with Gasteiger partial charge in [0, 0.05) is 11.6 Å². The number of halogens is 1. The van der Waals surface area contributed by atoms with Gasteiger partial charge in [0.15, 0.2) is 0 Å². The summed E-state index contributed by atoms with van der Waals surface area (Å²) in [6.45, 7) is 0. The lowest BCUT2D eigenvalue weighted by molar-refractivity contribution is 0.218. The number of hydrogen-bond donors (Lipinski definition) is 1. The number of hydrogen-bond acceptors (Lipinski definition) is 5. The Morgan fingerprint density at radius 2 is 2.31 bits per heavy atom. The molecule has 1 atom stereocenters. The highest BCUT2D eigenvalue weighted by atomic mass is 32.1. The van der Waals surface area contributed by atoms with Gasteiger partial charge in [-0.3, -0.25) is 0 Å². The van der Waals surface area contributed by atoms with E-state index in [1.165, 1.54) is 25.4 Å². The molecule has 6 heteroatoms. The monoisotopic (exact) mass is 240 g/mol. The van der Waals surface area contributed by atoms with E-state index in [0.29, 0.717) is 10.6 Å². The maximum absolute atomic E-state index is 13.6. The zero-order valence-electron chi connectivity index (χ0n) is 8.42. The molecule has 0 aliphatic carbocycles. The standard InChI is InChI=1S/C10H9FN2O2S/c1-15-6-2-3-7(8(11)4-6)10(14)9-5-12-13-16-9/h2-5,10,14H,1H3. The number of nitrogens with zero attached hydrogens (tertiary/aromatic N) is 2. The van der Waals surface area contributed by atoms with E-state index in [1.807, 2.05) is 0 Å². The van der Waals surface area contributed by atoms with E-state index in [1.54, 1.807) is 6.07 Å². The molecule has 0 aliphatic heterocycles. The van der Waals surface area contributed by atoms with Crippen LogP contribution in [0.5, 0.6) is 5.75 Å². The Labute approximate surface area is 95.5 Å². The molecule has 0 saturated carbocycles. The molecular weight excluding hydrogens is 231 g/mol. The van der Waals surface area contributed by atoms with Crippen LogP contribution >= 0.6 is 11.5 Å². The lowest BCUT2D eigenvalue weighted by Gasteiger charge is -2.10. The summed E-state index contributed by atoms with van der Waals surface area (Å²) in [6, 6.07) is 4.31. The summed E-state index contributed by atoms with van der Waals surface area (Å²) in [5.41, 5.74) is 0.187. The normalized spacial score (nSPS) is 12.4. The fraction of sp³-hybridized carbons (Fsp3) is 0.200. The van der Waals surface area contributed by atoms with Crippen LogP contribution in [-0.2, 0) is 0 Å². The number of benzene rings is 1. The predicted molar refractivity (Wildman–Crippen MR) is 56.9 cm³/mol. The summed E-state index contributed by atoms with van der Waals surface area (Å²) >= 11 is 1.04. The Balaban J connectivity index is 2.34. The van der Waals surface area contributed by atoms with Crippen molar-refractivity contribution in [3.8, 4) is 5.75 Å². The molecule has 16 heavy (non-hydrogen) atoms. The smallest absolute Gasteiger partial charge is 0.133 e. The Morgan fingerprint density at radius 3 is 2.88 bits per heavy atom. The third kappa shape index (κ3) is 2.02. The first kappa shape index (κ1) is 11.0. The van der Waals surface area contributed by atoms with E-state index in [2.05, 4.69) is 9.59 Å². The van der Waals surface area contributed by atoms with Crippen LogP contribution in [0.1, 0.15) is 16.5 Å². The number of aromatic nitrogens is 2. The minimum atomic E-state index is -1.04. The third-order valence-electron chi connectivity index (χ3n) is 2.15. The highest BCUT2D eigenvalue weighted by molar-refractivity contribution is 7.05. The minimum Gasteiger partial charge on any atom is -0.497 e. The van der Waals surface area contributed by atoms with Gasteiger partial charge in [-0.05, 0) is 23.7 Å². The molecular formula is C10H9FN2O2S. The van der Waals surface area contributed by atoms with Crippen molar-refractivity contribution in [1.82, 2.24) is 9.59 Å². The van der Waals surface area contributed by atoms with Gasteiger partial charge in [-0.25, -0.2) is 4.39 Å². The van der Waals surface area contributed by atoms with E-state index in [4.69, 9.17) is 4.74 Å². The molecule has 1 heterocycles. The molecule has 0 spiro atoms. The molecule has 0 bridgehead atoms. The molecule has 0 radical (unpaired) electrons. The molecule has 2 aromatic rings. The van der Waals surface area contributed by atoms with E-state index < -0.39 is 11.9 Å². The second-order valence-corrected chi connectivity index (χ2v) is 3.93. The minimum absolute atomic E-state index is 0.187. The van der Waals surface area contributed by atoms with Crippen molar-refractivity contribution >= 4 is 11.5 Å². The van der Waals surface area contributed by atoms with Crippen LogP contribution in [0, 0.1) is 5.82 Å². The van der Waals surface area contributed by atoms with Crippen LogP contribution in [0.15, 0.2) is 24.4 Å². The summed E-state index contributed by atoms with van der Waals surface area (Å²) in [4.78, 5) is 0.504. The van der Waals surface area contributed by atoms with Crippen LogP contribution < -0.4 is 4.74 Å². The summed E-state index contributed by atoms with van der Waals surface area (Å²) in [5, 5.41) is 13.5. The average Bonchev–Trinajstić information content (AvgIpc) is 2.81. The van der Waals surface area contributed by atoms with Gasteiger partial charge >= 0.3 is 0 Å². The molecule has 0 fully saturated rings. The lowest BCUT2D eigenvalue weighted by atomic mass is 10.1. The molecule has 0 aliphatic rings. The van der Waals surface area contributed by atoms with Crippen LogP contribution in [0.25, 0.3) is 0 Å². The second kappa shape index (κ2) is 4.54. The van der Waals surface area contributed by atoms with Crippen LogP contribution in [0.2, 0.25) is 0 Å². The number of aliphatic hydroxyl groups is 1. The van der Waals surface area contributed by atoms with Gasteiger partial charge in [0.05, 0.1) is 18.2 Å². The van der Waals surface area contributed by atoms with Gasteiger partial charge in [-0.2, -0.15) is 0 Å². The molecule has 1 unspecified atom stereocenters. The maximum Gasteiger partial charge on any atom is 0.133 e.